The molecule has 0 fully saturated rings. The minimum absolute atomic E-state index is 0.170. The van der Waals surface area contributed by atoms with E-state index >= 15 is 0 Å². The Bertz CT molecular complexity index is 381. The van der Waals surface area contributed by atoms with Gasteiger partial charge in [-0.2, -0.15) is 5.10 Å². The van der Waals surface area contributed by atoms with E-state index in [1.807, 2.05) is 18.5 Å². The van der Waals surface area contributed by atoms with Crippen molar-refractivity contribution in [2.24, 2.45) is 0 Å². The second-order valence-corrected chi connectivity index (χ2v) is 4.26. The van der Waals surface area contributed by atoms with Crippen LogP contribution in [0.4, 0.5) is 0 Å². The van der Waals surface area contributed by atoms with Crippen LogP contribution in [0.3, 0.4) is 0 Å². The lowest BCUT2D eigenvalue weighted by atomic mass is 10.1. The van der Waals surface area contributed by atoms with E-state index in [0.29, 0.717) is 18.9 Å². The maximum absolute atomic E-state index is 11.1. The predicted octanol–water partition coefficient (Wildman–Crippen LogP) is 2.19. The Morgan fingerprint density at radius 1 is 1.44 bits per heavy atom. The lowest BCUT2D eigenvalue weighted by Gasteiger charge is -2.08. The quantitative estimate of drug-likeness (QED) is 0.736. The van der Waals surface area contributed by atoms with E-state index in [0.717, 1.165) is 11.4 Å². The Kier molecular flexibility index (Phi) is 4.10. The molecular formula is C12H20N2O2. The zero-order chi connectivity index (χ0) is 12.3. The Balaban J connectivity index is 2.84. The molecule has 16 heavy (non-hydrogen) atoms. The fraction of sp³-hybridized carbons (Fsp3) is 0.667. The number of ether oxygens (including phenoxy) is 1. The van der Waals surface area contributed by atoms with Gasteiger partial charge in [0.2, 0.25) is 0 Å². The Morgan fingerprint density at radius 3 is 2.50 bits per heavy atom. The Labute approximate surface area is 96.6 Å². The van der Waals surface area contributed by atoms with Crippen LogP contribution < -0.4 is 0 Å². The summed E-state index contributed by atoms with van der Waals surface area (Å²) in [5, 5.41) is 4.48. The molecule has 1 rings (SSSR count). The van der Waals surface area contributed by atoms with Crippen molar-refractivity contribution in [3.63, 3.8) is 0 Å². The first-order valence-corrected chi connectivity index (χ1v) is 5.58. The molecule has 4 nitrogen and oxygen atoms in total. The van der Waals surface area contributed by atoms with Gasteiger partial charge < -0.3 is 4.74 Å². The highest BCUT2D eigenvalue weighted by molar-refractivity contribution is 5.69. The van der Waals surface area contributed by atoms with Gasteiger partial charge in [0.1, 0.15) is 0 Å². The van der Waals surface area contributed by atoms with Crippen molar-refractivity contribution in [2.75, 3.05) is 7.11 Å². The molecule has 0 N–H and O–H groups in total. The van der Waals surface area contributed by atoms with E-state index < -0.39 is 0 Å². The fourth-order valence-corrected chi connectivity index (χ4v) is 1.89. The van der Waals surface area contributed by atoms with Crippen molar-refractivity contribution < 1.29 is 9.53 Å². The van der Waals surface area contributed by atoms with E-state index in [9.17, 15) is 4.79 Å². The molecule has 1 heterocycles. The number of carbonyl (C=O) groups excluding carboxylic acids is 1. The number of rotatable bonds is 4. The summed E-state index contributed by atoms with van der Waals surface area (Å²) in [6.45, 7) is 8.23. The van der Waals surface area contributed by atoms with Gasteiger partial charge >= 0.3 is 5.97 Å². The molecule has 0 atom stereocenters. The van der Waals surface area contributed by atoms with Crippen molar-refractivity contribution in [1.82, 2.24) is 9.78 Å². The monoisotopic (exact) mass is 224 g/mol. The second-order valence-electron chi connectivity index (χ2n) is 4.26. The molecule has 0 bridgehead atoms. The largest absolute Gasteiger partial charge is 0.469 e. The number of esters is 1. The molecule has 1 aromatic rings. The lowest BCUT2D eigenvalue weighted by Crippen LogP contribution is -2.06. The van der Waals surface area contributed by atoms with Crippen LogP contribution in [0.15, 0.2) is 0 Å². The summed E-state index contributed by atoms with van der Waals surface area (Å²) in [5.41, 5.74) is 3.32. The summed E-state index contributed by atoms with van der Waals surface area (Å²) in [6.07, 6.45) is 1.12. The molecule has 0 aliphatic rings. The Morgan fingerprint density at radius 2 is 2.06 bits per heavy atom. The second kappa shape index (κ2) is 5.14. The van der Waals surface area contributed by atoms with Crippen LogP contribution in [0.2, 0.25) is 0 Å². The molecule has 90 valence electrons. The highest BCUT2D eigenvalue weighted by Crippen LogP contribution is 2.18. The zero-order valence-corrected chi connectivity index (χ0v) is 10.7. The summed E-state index contributed by atoms with van der Waals surface area (Å²) in [6, 6.07) is 0.352. The standard InChI is InChI=1S/C12H20N2O2/c1-8(2)14-10(4)11(9(3)13-14)6-7-12(15)16-5/h8H,6-7H2,1-5H3. The van der Waals surface area contributed by atoms with Crippen LogP contribution in [0.1, 0.15) is 43.3 Å². The van der Waals surface area contributed by atoms with Gasteiger partial charge in [-0.25, -0.2) is 0 Å². The van der Waals surface area contributed by atoms with Crippen molar-refractivity contribution in [3.05, 3.63) is 17.0 Å². The van der Waals surface area contributed by atoms with E-state index in [1.54, 1.807) is 0 Å². The molecule has 0 aromatic carbocycles. The average molecular weight is 224 g/mol. The summed E-state index contributed by atoms with van der Waals surface area (Å²) >= 11 is 0. The maximum Gasteiger partial charge on any atom is 0.305 e. The normalized spacial score (nSPS) is 10.9. The van der Waals surface area contributed by atoms with Crippen LogP contribution in [0, 0.1) is 13.8 Å². The van der Waals surface area contributed by atoms with Gasteiger partial charge in [-0.1, -0.05) is 0 Å². The van der Waals surface area contributed by atoms with E-state index in [1.165, 1.54) is 12.7 Å². The number of hydrogen-bond donors (Lipinski definition) is 0. The number of aromatic nitrogens is 2. The van der Waals surface area contributed by atoms with Crippen molar-refractivity contribution in [3.8, 4) is 0 Å². The first-order chi connectivity index (χ1) is 7.47. The van der Waals surface area contributed by atoms with E-state index in [-0.39, 0.29) is 5.97 Å². The molecule has 0 saturated heterocycles. The number of hydrogen-bond acceptors (Lipinski definition) is 3. The third kappa shape index (κ3) is 2.62. The van der Waals surface area contributed by atoms with Gasteiger partial charge in [-0.05, 0) is 39.7 Å². The summed E-state index contributed by atoms with van der Waals surface area (Å²) < 4.78 is 6.64. The highest BCUT2D eigenvalue weighted by atomic mass is 16.5. The molecule has 0 radical (unpaired) electrons. The van der Waals surface area contributed by atoms with Crippen LogP contribution in [0.5, 0.6) is 0 Å². The molecule has 0 aliphatic carbocycles. The SMILES string of the molecule is COC(=O)CCc1c(C)nn(C(C)C)c1C. The van der Waals surface area contributed by atoms with Crippen LogP contribution >= 0.6 is 0 Å². The van der Waals surface area contributed by atoms with Gasteiger partial charge in [0.15, 0.2) is 0 Å². The van der Waals surface area contributed by atoms with Crippen LogP contribution in [-0.4, -0.2) is 22.9 Å². The third-order valence-corrected chi connectivity index (χ3v) is 2.77. The van der Waals surface area contributed by atoms with Gasteiger partial charge in [-0.3, -0.25) is 9.48 Å². The van der Waals surface area contributed by atoms with Crippen molar-refractivity contribution >= 4 is 5.97 Å². The number of nitrogens with zero attached hydrogens (tertiary/aromatic N) is 2. The highest BCUT2D eigenvalue weighted by Gasteiger charge is 2.14. The molecule has 0 amide bonds. The first kappa shape index (κ1) is 12.7. The maximum atomic E-state index is 11.1. The molecular weight excluding hydrogens is 204 g/mol. The van der Waals surface area contributed by atoms with Gasteiger partial charge in [0, 0.05) is 18.2 Å². The first-order valence-electron chi connectivity index (χ1n) is 5.58. The Hall–Kier alpha value is -1.32. The van der Waals surface area contributed by atoms with Crippen LogP contribution in [0.25, 0.3) is 0 Å². The molecule has 0 spiro atoms. The topological polar surface area (TPSA) is 44.1 Å². The van der Waals surface area contributed by atoms with E-state index in [2.05, 4.69) is 23.7 Å². The minimum atomic E-state index is -0.170. The fourth-order valence-electron chi connectivity index (χ4n) is 1.89. The van der Waals surface area contributed by atoms with Crippen LogP contribution in [-0.2, 0) is 16.0 Å². The minimum Gasteiger partial charge on any atom is -0.469 e. The van der Waals surface area contributed by atoms with E-state index in [4.69, 9.17) is 0 Å². The number of methoxy groups -OCH3 is 1. The van der Waals surface area contributed by atoms with Gasteiger partial charge in [0.05, 0.1) is 12.8 Å². The summed E-state index contributed by atoms with van der Waals surface area (Å²) in [7, 11) is 1.42. The zero-order valence-electron chi connectivity index (χ0n) is 10.7. The van der Waals surface area contributed by atoms with Gasteiger partial charge in [-0.15, -0.1) is 0 Å². The number of aryl methyl sites for hydroxylation is 1. The van der Waals surface area contributed by atoms with Gasteiger partial charge in [0.25, 0.3) is 0 Å². The third-order valence-electron chi connectivity index (χ3n) is 2.77. The summed E-state index contributed by atoms with van der Waals surface area (Å²) in [5.74, 6) is -0.170. The molecule has 0 saturated carbocycles. The lowest BCUT2D eigenvalue weighted by molar-refractivity contribution is -0.140. The molecule has 4 heteroatoms. The molecule has 0 aliphatic heterocycles. The molecule has 0 unspecified atom stereocenters. The predicted molar refractivity (Wildman–Crippen MR) is 62.4 cm³/mol. The van der Waals surface area contributed by atoms with Crippen molar-refractivity contribution in [2.45, 2.75) is 46.6 Å². The van der Waals surface area contributed by atoms with Crippen molar-refractivity contribution in [1.29, 1.82) is 0 Å². The summed E-state index contributed by atoms with van der Waals surface area (Å²) in [4.78, 5) is 11.1. The smallest absolute Gasteiger partial charge is 0.305 e. The molecule has 1 aromatic heterocycles. The average Bonchev–Trinajstić information content (AvgIpc) is 2.51. The number of carbonyl (C=O) groups is 1.